The van der Waals surface area contributed by atoms with E-state index in [1.165, 1.54) is 6.07 Å². The largest absolute Gasteiger partial charge is 0.389 e. The van der Waals surface area contributed by atoms with E-state index in [9.17, 15) is 15.2 Å². The van der Waals surface area contributed by atoms with Crippen LogP contribution in [0.2, 0.25) is 0 Å². The molecule has 0 radical (unpaired) electrons. The Morgan fingerprint density at radius 3 is 2.38 bits per heavy atom. The fourth-order valence-corrected chi connectivity index (χ4v) is 2.81. The summed E-state index contributed by atoms with van der Waals surface area (Å²) in [7, 11) is 0. The number of hydrogen-bond acceptors (Lipinski definition) is 6. The van der Waals surface area contributed by atoms with Crippen LogP contribution in [0.5, 0.6) is 0 Å². The third kappa shape index (κ3) is 3.77. The normalized spacial score (nSPS) is 12.2. The van der Waals surface area contributed by atoms with E-state index in [0.717, 1.165) is 23.1 Å². The Hall–Kier alpha value is -1.99. The molecule has 1 aromatic heterocycles. The summed E-state index contributed by atoms with van der Waals surface area (Å²) in [5.74, 6) is 0. The molecule has 0 saturated carbocycles. The molecule has 0 aliphatic carbocycles. The molecule has 0 saturated heterocycles. The zero-order valence-electron chi connectivity index (χ0n) is 11.9. The molecule has 1 N–H and O–H groups in total. The summed E-state index contributed by atoms with van der Waals surface area (Å²) in [6.45, 7) is 5.27. The number of nitro groups is 1. The predicted molar refractivity (Wildman–Crippen MR) is 79.4 cm³/mol. The van der Waals surface area contributed by atoms with Crippen LogP contribution < -0.4 is 0 Å². The first-order valence-corrected chi connectivity index (χ1v) is 7.15. The summed E-state index contributed by atoms with van der Waals surface area (Å²) in [6.07, 6.45) is -0.750. The van der Waals surface area contributed by atoms with Crippen LogP contribution in [0.3, 0.4) is 0 Å². The van der Waals surface area contributed by atoms with E-state index in [0.29, 0.717) is 15.6 Å². The number of aliphatic hydroxyl groups is 1. The van der Waals surface area contributed by atoms with Gasteiger partial charge in [0.2, 0.25) is 0 Å². The van der Waals surface area contributed by atoms with Crippen molar-refractivity contribution in [1.82, 2.24) is 9.97 Å². The van der Waals surface area contributed by atoms with Crippen molar-refractivity contribution in [3.8, 4) is 0 Å². The summed E-state index contributed by atoms with van der Waals surface area (Å²) in [6, 6.07) is 6.51. The second-order valence-electron chi connectivity index (χ2n) is 4.70. The van der Waals surface area contributed by atoms with Gasteiger partial charge in [0.15, 0.2) is 5.16 Å². The number of hydrogen-bond donors (Lipinski definition) is 1. The van der Waals surface area contributed by atoms with Crippen molar-refractivity contribution in [1.29, 1.82) is 0 Å². The fourth-order valence-electron chi connectivity index (χ4n) is 1.86. The third-order valence-electron chi connectivity index (χ3n) is 2.83. The molecule has 0 amide bonds. The highest BCUT2D eigenvalue weighted by Crippen LogP contribution is 2.34. The highest BCUT2D eigenvalue weighted by Gasteiger charge is 2.18. The monoisotopic (exact) mass is 305 g/mol. The van der Waals surface area contributed by atoms with Crippen LogP contribution in [0.25, 0.3) is 0 Å². The molecule has 2 rings (SSSR count). The van der Waals surface area contributed by atoms with Crippen molar-refractivity contribution < 1.29 is 10.0 Å². The maximum absolute atomic E-state index is 11.2. The van der Waals surface area contributed by atoms with Gasteiger partial charge < -0.3 is 5.11 Å². The molecule has 0 fully saturated rings. The molecule has 1 heterocycles. The predicted octanol–water partition coefficient (Wildman–Crippen LogP) is 3.21. The minimum atomic E-state index is -0.750. The number of aromatic nitrogens is 2. The van der Waals surface area contributed by atoms with Crippen LogP contribution in [0.4, 0.5) is 5.69 Å². The summed E-state index contributed by atoms with van der Waals surface area (Å²) in [5.41, 5.74) is 2.08. The lowest BCUT2D eigenvalue weighted by molar-refractivity contribution is -0.387. The lowest BCUT2D eigenvalue weighted by atomic mass is 10.1. The van der Waals surface area contributed by atoms with Gasteiger partial charge in [0, 0.05) is 17.5 Å². The van der Waals surface area contributed by atoms with Crippen molar-refractivity contribution in [3.05, 3.63) is 51.3 Å². The van der Waals surface area contributed by atoms with Crippen LogP contribution in [-0.4, -0.2) is 20.0 Å². The maximum atomic E-state index is 11.2. The summed E-state index contributed by atoms with van der Waals surface area (Å²) in [4.78, 5) is 19.7. The van der Waals surface area contributed by atoms with Crippen LogP contribution in [0, 0.1) is 24.0 Å². The topological polar surface area (TPSA) is 89.2 Å². The fraction of sp³-hybridized carbons (Fsp3) is 0.286. The van der Waals surface area contributed by atoms with Gasteiger partial charge in [-0.15, -0.1) is 0 Å². The van der Waals surface area contributed by atoms with E-state index in [-0.39, 0.29) is 5.69 Å². The summed E-state index contributed by atoms with van der Waals surface area (Å²) < 4.78 is 0. The number of benzene rings is 1. The molecule has 1 atom stereocenters. The first kappa shape index (κ1) is 15.4. The second kappa shape index (κ2) is 6.19. The van der Waals surface area contributed by atoms with Crippen LogP contribution >= 0.6 is 11.8 Å². The second-order valence-corrected chi connectivity index (χ2v) is 5.70. The zero-order valence-corrected chi connectivity index (χ0v) is 12.7. The van der Waals surface area contributed by atoms with Gasteiger partial charge in [0.05, 0.1) is 15.9 Å². The smallest absolute Gasteiger partial charge is 0.283 e. The van der Waals surface area contributed by atoms with Gasteiger partial charge in [0.1, 0.15) is 0 Å². The Bertz CT molecular complexity index is 669. The zero-order chi connectivity index (χ0) is 15.6. The molecule has 0 bridgehead atoms. The molecule has 0 spiro atoms. The lowest BCUT2D eigenvalue weighted by Gasteiger charge is -2.07. The van der Waals surface area contributed by atoms with Gasteiger partial charge in [-0.2, -0.15) is 0 Å². The van der Waals surface area contributed by atoms with E-state index in [1.54, 1.807) is 19.1 Å². The van der Waals surface area contributed by atoms with Gasteiger partial charge in [-0.25, -0.2) is 9.97 Å². The quantitative estimate of drug-likeness (QED) is 0.530. The van der Waals surface area contributed by atoms with Gasteiger partial charge >= 0.3 is 0 Å². The van der Waals surface area contributed by atoms with Crippen molar-refractivity contribution in [2.75, 3.05) is 0 Å². The van der Waals surface area contributed by atoms with Crippen molar-refractivity contribution in [2.45, 2.75) is 36.9 Å². The number of nitro benzene ring substituents is 1. The Labute approximate surface area is 126 Å². The molecule has 0 aliphatic heterocycles. The van der Waals surface area contributed by atoms with Crippen LogP contribution in [0.15, 0.2) is 34.3 Å². The highest BCUT2D eigenvalue weighted by atomic mass is 32.2. The van der Waals surface area contributed by atoms with E-state index in [4.69, 9.17) is 0 Å². The van der Waals surface area contributed by atoms with Crippen molar-refractivity contribution >= 4 is 17.4 Å². The van der Waals surface area contributed by atoms with Gasteiger partial charge in [-0.1, -0.05) is 6.07 Å². The molecule has 21 heavy (non-hydrogen) atoms. The summed E-state index contributed by atoms with van der Waals surface area (Å²) >= 11 is 1.15. The van der Waals surface area contributed by atoms with Crippen LogP contribution in [-0.2, 0) is 0 Å². The summed E-state index contributed by atoms with van der Waals surface area (Å²) in [5, 5.41) is 21.2. The lowest BCUT2D eigenvalue weighted by Crippen LogP contribution is -1.98. The van der Waals surface area contributed by atoms with E-state index < -0.39 is 11.0 Å². The Kier molecular flexibility index (Phi) is 4.54. The third-order valence-corrected chi connectivity index (χ3v) is 3.76. The molecule has 110 valence electrons. The minimum absolute atomic E-state index is 0.0545. The number of nitrogens with zero attached hydrogens (tertiary/aromatic N) is 3. The van der Waals surface area contributed by atoms with Crippen molar-refractivity contribution in [2.24, 2.45) is 0 Å². The number of rotatable bonds is 4. The molecular formula is C14H15N3O3S. The first-order valence-electron chi connectivity index (χ1n) is 6.33. The standard InChI is InChI=1S/C14H15N3O3S/c1-8-6-9(2)16-14(15-8)21-13-5-4-11(10(3)18)7-12(13)17(19)20/h4-7,10,18H,1-3H3/t10-/m1/s1. The molecule has 2 aromatic rings. The Morgan fingerprint density at radius 1 is 1.24 bits per heavy atom. The van der Waals surface area contributed by atoms with Crippen molar-refractivity contribution in [3.63, 3.8) is 0 Å². The molecule has 7 heteroatoms. The average molecular weight is 305 g/mol. The average Bonchev–Trinajstić information content (AvgIpc) is 2.37. The Balaban J connectivity index is 2.41. The van der Waals surface area contributed by atoms with E-state index in [2.05, 4.69) is 9.97 Å². The molecular weight excluding hydrogens is 290 g/mol. The van der Waals surface area contributed by atoms with E-state index in [1.807, 2.05) is 19.9 Å². The number of aryl methyl sites for hydroxylation is 2. The number of aliphatic hydroxyl groups excluding tert-OH is 1. The minimum Gasteiger partial charge on any atom is -0.389 e. The Morgan fingerprint density at radius 2 is 1.86 bits per heavy atom. The molecule has 0 aliphatic rings. The molecule has 0 unspecified atom stereocenters. The molecule has 6 nitrogen and oxygen atoms in total. The SMILES string of the molecule is Cc1cc(C)nc(Sc2ccc([C@@H](C)O)cc2[N+](=O)[O-])n1. The maximum Gasteiger partial charge on any atom is 0.283 e. The van der Waals surface area contributed by atoms with Gasteiger partial charge in [-0.3, -0.25) is 10.1 Å². The van der Waals surface area contributed by atoms with Crippen LogP contribution in [0.1, 0.15) is 30.0 Å². The van der Waals surface area contributed by atoms with Gasteiger partial charge in [0.25, 0.3) is 5.69 Å². The van der Waals surface area contributed by atoms with Gasteiger partial charge in [-0.05, 0) is 50.2 Å². The molecule has 1 aromatic carbocycles. The first-order chi connectivity index (χ1) is 9.86. The highest BCUT2D eigenvalue weighted by molar-refractivity contribution is 7.99. The van der Waals surface area contributed by atoms with E-state index >= 15 is 0 Å².